The first-order valence-corrected chi connectivity index (χ1v) is 19.5. The number of rotatable bonds is 27. The average molecular weight is 661 g/mol. The molecule has 2 rings (SSSR count). The highest BCUT2D eigenvalue weighted by atomic mass is 16.5. The Morgan fingerprint density at radius 2 is 1.15 bits per heavy atom. The number of carbonyl (C=O) groups excluding carboxylic acids is 1. The van der Waals surface area contributed by atoms with E-state index in [4.69, 9.17) is 18.9 Å². The van der Waals surface area contributed by atoms with E-state index in [9.17, 15) is 4.79 Å². The van der Waals surface area contributed by atoms with Crippen molar-refractivity contribution in [1.82, 2.24) is 9.80 Å². The molecule has 7 nitrogen and oxygen atoms in total. The molecule has 1 aromatic carbocycles. The van der Waals surface area contributed by atoms with E-state index in [-0.39, 0.29) is 12.6 Å². The number of carbonyl (C=O) groups is 1. The number of esters is 1. The summed E-state index contributed by atoms with van der Waals surface area (Å²) in [6.45, 7) is 20.9. The molecule has 1 heterocycles. The fraction of sp³-hybridized carbons (Fsp3) is 0.825. The van der Waals surface area contributed by atoms with Crippen molar-refractivity contribution >= 4 is 5.97 Å². The molecule has 1 aliphatic heterocycles. The van der Waals surface area contributed by atoms with Gasteiger partial charge in [-0.2, -0.15) is 0 Å². The van der Waals surface area contributed by atoms with Crippen molar-refractivity contribution in [1.29, 1.82) is 0 Å². The predicted octanol–water partition coefficient (Wildman–Crippen LogP) is 9.54. The highest BCUT2D eigenvalue weighted by Crippen LogP contribution is 2.41. The third-order valence-corrected chi connectivity index (χ3v) is 9.97. The van der Waals surface area contributed by atoms with E-state index in [2.05, 4.69) is 58.4 Å². The Labute approximate surface area is 289 Å². The maximum atomic E-state index is 12.8. The summed E-state index contributed by atoms with van der Waals surface area (Å²) in [5.41, 5.74) is 0.885. The van der Waals surface area contributed by atoms with Crippen molar-refractivity contribution in [2.75, 3.05) is 59.6 Å². The van der Waals surface area contributed by atoms with Gasteiger partial charge >= 0.3 is 5.97 Å². The second-order valence-corrected chi connectivity index (χ2v) is 14.0. The number of benzene rings is 1. The largest absolute Gasteiger partial charge is 0.489 e. The van der Waals surface area contributed by atoms with Gasteiger partial charge in [-0.15, -0.1) is 0 Å². The molecule has 0 amide bonds. The van der Waals surface area contributed by atoms with Crippen molar-refractivity contribution in [2.24, 2.45) is 17.8 Å². The molecular formula is C40H72N2O5. The summed E-state index contributed by atoms with van der Waals surface area (Å²) in [5.74, 6) is 3.44. The molecular weight excluding hydrogens is 588 g/mol. The monoisotopic (exact) mass is 661 g/mol. The molecule has 0 radical (unpaired) electrons. The lowest BCUT2D eigenvalue weighted by molar-refractivity contribution is -0.145. The third-order valence-electron chi connectivity index (χ3n) is 9.97. The van der Waals surface area contributed by atoms with Crippen molar-refractivity contribution in [3.05, 3.63) is 17.7 Å². The summed E-state index contributed by atoms with van der Waals surface area (Å²) in [5, 5.41) is 0. The van der Waals surface area contributed by atoms with Crippen molar-refractivity contribution in [2.45, 2.75) is 138 Å². The lowest BCUT2D eigenvalue weighted by Crippen LogP contribution is -2.44. The van der Waals surface area contributed by atoms with Crippen LogP contribution in [0.3, 0.4) is 0 Å². The van der Waals surface area contributed by atoms with Crippen LogP contribution in [0.15, 0.2) is 12.1 Å². The van der Waals surface area contributed by atoms with E-state index in [1.165, 1.54) is 38.5 Å². The quantitative estimate of drug-likeness (QED) is 0.0871. The minimum Gasteiger partial charge on any atom is -0.489 e. The van der Waals surface area contributed by atoms with Crippen LogP contribution in [0.1, 0.15) is 137 Å². The van der Waals surface area contributed by atoms with E-state index < -0.39 is 0 Å². The Hall–Kier alpha value is -1.99. The number of ether oxygens (including phenoxy) is 4. The summed E-state index contributed by atoms with van der Waals surface area (Å²) in [6.07, 6.45) is 15.1. The lowest BCUT2D eigenvalue weighted by Gasteiger charge is -2.32. The number of likely N-dealkylation sites (N-methyl/N-ethyl adjacent to an activating group) is 1. The summed E-state index contributed by atoms with van der Waals surface area (Å²) in [7, 11) is 2.17. The molecule has 0 aliphatic carbocycles. The Morgan fingerprint density at radius 1 is 0.681 bits per heavy atom. The summed E-state index contributed by atoms with van der Waals surface area (Å²) >= 11 is 0. The van der Waals surface area contributed by atoms with Crippen LogP contribution in [-0.4, -0.2) is 75.4 Å². The number of piperazine rings is 1. The summed E-state index contributed by atoms with van der Waals surface area (Å²) in [4.78, 5) is 17.6. The number of nitrogens with zero attached hydrogens (tertiary/aromatic N) is 2. The van der Waals surface area contributed by atoms with Crippen LogP contribution in [0.5, 0.6) is 17.2 Å². The SMILES string of the molecule is CCCCC(CC)COc1cc(COC(=O)CCCN2CCN(C)CC2)cc(OCC(CC)CCCC)c1OCC(CC)CCCC. The molecule has 272 valence electrons. The first-order valence-electron chi connectivity index (χ1n) is 19.5. The summed E-state index contributed by atoms with van der Waals surface area (Å²) in [6, 6.07) is 4.04. The molecule has 3 unspecified atom stereocenters. The van der Waals surface area contributed by atoms with Gasteiger partial charge in [-0.05, 0) is 74.7 Å². The Kier molecular flexibility index (Phi) is 21.9. The van der Waals surface area contributed by atoms with Crippen LogP contribution in [0.25, 0.3) is 0 Å². The Morgan fingerprint density at radius 3 is 1.60 bits per heavy atom. The Balaban J connectivity index is 2.25. The number of hydrogen-bond donors (Lipinski definition) is 0. The van der Waals surface area contributed by atoms with Crippen LogP contribution in [0, 0.1) is 17.8 Å². The zero-order valence-corrected chi connectivity index (χ0v) is 31.6. The zero-order valence-electron chi connectivity index (χ0n) is 31.6. The highest BCUT2D eigenvalue weighted by Gasteiger charge is 2.21. The normalized spacial score (nSPS) is 16.1. The molecule has 7 heteroatoms. The van der Waals surface area contributed by atoms with Crippen LogP contribution >= 0.6 is 0 Å². The molecule has 1 aliphatic rings. The van der Waals surface area contributed by atoms with Crippen LogP contribution in [0.2, 0.25) is 0 Å². The van der Waals surface area contributed by atoms with E-state index in [0.717, 1.165) is 83.2 Å². The second kappa shape index (κ2) is 25.0. The van der Waals surface area contributed by atoms with Gasteiger partial charge in [0, 0.05) is 32.6 Å². The molecule has 1 saturated heterocycles. The third kappa shape index (κ3) is 16.8. The van der Waals surface area contributed by atoms with Crippen molar-refractivity contribution in [3.8, 4) is 17.2 Å². The minimum atomic E-state index is -0.151. The first kappa shape index (κ1) is 41.2. The van der Waals surface area contributed by atoms with Crippen LogP contribution in [0.4, 0.5) is 0 Å². The molecule has 1 fully saturated rings. The molecule has 0 bridgehead atoms. The standard InChI is InChI=1S/C40H72N2O5/c1-8-14-18-33(11-4)29-44-37-27-36(32-46-39(43)21-17-22-42-25-23-41(7)24-26-42)28-38(45-30-34(12-5)19-15-9-2)40(37)47-31-35(13-6)20-16-10-3/h27-28,33-35H,8-26,29-32H2,1-7H3. The van der Waals surface area contributed by atoms with Gasteiger partial charge in [0.25, 0.3) is 0 Å². The molecule has 47 heavy (non-hydrogen) atoms. The lowest BCUT2D eigenvalue weighted by atomic mass is 10.00. The van der Waals surface area contributed by atoms with Crippen LogP contribution in [-0.2, 0) is 16.1 Å². The minimum absolute atomic E-state index is 0.151. The number of hydrogen-bond acceptors (Lipinski definition) is 7. The van der Waals surface area contributed by atoms with Crippen molar-refractivity contribution in [3.63, 3.8) is 0 Å². The molecule has 0 aromatic heterocycles. The molecule has 0 N–H and O–H groups in total. The Bertz CT molecular complexity index is 908. The fourth-order valence-electron chi connectivity index (χ4n) is 6.14. The van der Waals surface area contributed by atoms with E-state index in [1.807, 2.05) is 12.1 Å². The molecule has 1 aromatic rings. The van der Waals surface area contributed by atoms with Gasteiger partial charge in [0.15, 0.2) is 11.5 Å². The zero-order chi connectivity index (χ0) is 34.3. The van der Waals surface area contributed by atoms with Crippen molar-refractivity contribution < 1.29 is 23.7 Å². The smallest absolute Gasteiger partial charge is 0.306 e. The van der Waals surface area contributed by atoms with Gasteiger partial charge in [-0.3, -0.25) is 4.79 Å². The van der Waals surface area contributed by atoms with Gasteiger partial charge in [0.1, 0.15) is 6.61 Å². The van der Waals surface area contributed by atoms with Gasteiger partial charge in [-0.25, -0.2) is 0 Å². The maximum absolute atomic E-state index is 12.8. The topological polar surface area (TPSA) is 60.5 Å². The maximum Gasteiger partial charge on any atom is 0.306 e. The van der Waals surface area contributed by atoms with Gasteiger partial charge in [0.05, 0.1) is 19.8 Å². The molecule has 0 saturated carbocycles. The summed E-state index contributed by atoms with van der Waals surface area (Å²) < 4.78 is 25.7. The van der Waals surface area contributed by atoms with Gasteiger partial charge < -0.3 is 28.7 Å². The fourth-order valence-corrected chi connectivity index (χ4v) is 6.14. The average Bonchev–Trinajstić information content (AvgIpc) is 3.09. The molecule has 0 spiro atoms. The highest BCUT2D eigenvalue weighted by molar-refractivity contribution is 5.69. The van der Waals surface area contributed by atoms with E-state index >= 15 is 0 Å². The number of unbranched alkanes of at least 4 members (excludes halogenated alkanes) is 3. The van der Waals surface area contributed by atoms with Gasteiger partial charge in [0.2, 0.25) is 5.75 Å². The van der Waals surface area contributed by atoms with Crippen LogP contribution < -0.4 is 14.2 Å². The first-order chi connectivity index (χ1) is 22.9. The molecule has 3 atom stereocenters. The second-order valence-electron chi connectivity index (χ2n) is 14.0. The predicted molar refractivity (Wildman–Crippen MR) is 196 cm³/mol. The van der Waals surface area contributed by atoms with Gasteiger partial charge in [-0.1, -0.05) is 99.3 Å². The van der Waals surface area contributed by atoms with E-state index in [1.54, 1.807) is 0 Å². The van der Waals surface area contributed by atoms with E-state index in [0.29, 0.717) is 61.2 Å².